The number of hydrogen-bond acceptors (Lipinski definition) is 3. The first-order chi connectivity index (χ1) is 13.5. The number of amides is 2. The third-order valence-corrected chi connectivity index (χ3v) is 6.03. The Bertz CT molecular complexity index is 1010. The maximum Gasteiger partial charge on any atom is 0.276 e. The number of hydrogen-bond donors (Lipinski definition) is 1. The molecule has 2 saturated heterocycles. The highest BCUT2D eigenvalue weighted by Gasteiger charge is 2.29. The van der Waals surface area contributed by atoms with Gasteiger partial charge in [0, 0.05) is 46.8 Å². The predicted octanol–water partition coefficient (Wildman–Crippen LogP) is 3.10. The average Bonchev–Trinajstić information content (AvgIpc) is 3.36. The zero-order valence-electron chi connectivity index (χ0n) is 15.6. The molecule has 0 unspecified atom stereocenters. The van der Waals surface area contributed by atoms with Gasteiger partial charge in [-0.05, 0) is 56.3 Å². The Morgan fingerprint density at radius 3 is 2.75 bits per heavy atom. The van der Waals surface area contributed by atoms with Crippen molar-refractivity contribution in [3.8, 4) is 0 Å². The fourth-order valence-corrected chi connectivity index (χ4v) is 4.45. The van der Waals surface area contributed by atoms with Gasteiger partial charge in [-0.2, -0.15) is 0 Å². The molecule has 0 aliphatic carbocycles. The van der Waals surface area contributed by atoms with E-state index < -0.39 is 0 Å². The predicted molar refractivity (Wildman–Crippen MR) is 117 cm³/mol. The number of nitrogens with one attached hydrogen (secondary N) is 1. The van der Waals surface area contributed by atoms with Crippen LogP contribution in [0.25, 0.3) is 17.0 Å². The van der Waals surface area contributed by atoms with Gasteiger partial charge in [0.2, 0.25) is 5.91 Å². The van der Waals surface area contributed by atoms with Gasteiger partial charge in [-0.15, -0.1) is 0 Å². The van der Waals surface area contributed by atoms with Crippen molar-refractivity contribution in [3.63, 3.8) is 0 Å². The van der Waals surface area contributed by atoms with Crippen LogP contribution in [0.1, 0.15) is 25.3 Å². The van der Waals surface area contributed by atoms with Crippen LogP contribution in [0.15, 0.2) is 34.6 Å². The van der Waals surface area contributed by atoms with Crippen molar-refractivity contribution in [2.75, 3.05) is 19.6 Å². The van der Waals surface area contributed by atoms with Gasteiger partial charge in [0.25, 0.3) is 5.91 Å². The van der Waals surface area contributed by atoms with E-state index >= 15 is 0 Å². The molecular weight excluding hydrogens is 440 g/mol. The first-order valence-electron chi connectivity index (χ1n) is 9.38. The van der Waals surface area contributed by atoms with Crippen molar-refractivity contribution in [1.82, 2.24) is 19.7 Å². The molecule has 6 nitrogen and oxygen atoms in total. The molecule has 2 aromatic rings. The van der Waals surface area contributed by atoms with Crippen LogP contribution in [0.5, 0.6) is 0 Å². The summed E-state index contributed by atoms with van der Waals surface area (Å²) in [7, 11) is 0. The molecule has 2 aliphatic heterocycles. The van der Waals surface area contributed by atoms with Crippen LogP contribution in [0.2, 0.25) is 0 Å². The molecule has 0 spiro atoms. The first-order valence-corrected chi connectivity index (χ1v) is 10.6. The third-order valence-electron chi connectivity index (χ3n) is 5.22. The Hall–Kier alpha value is -2.19. The maximum atomic E-state index is 12.6. The summed E-state index contributed by atoms with van der Waals surface area (Å²) in [5.41, 5.74) is 2.29. The van der Waals surface area contributed by atoms with E-state index in [1.807, 2.05) is 46.9 Å². The normalized spacial score (nSPS) is 18.6. The summed E-state index contributed by atoms with van der Waals surface area (Å²) in [6, 6.07) is 5.96. The number of fused-ring (bicyclic) bond motifs is 1. The SMILES string of the molecule is CCN1C(=O)/C(=C/c2cn(CC(=O)N3CCCC3)c3ccc(Br)cc23)NC1=S. The number of rotatable bonds is 4. The Labute approximate surface area is 177 Å². The molecule has 8 heteroatoms. The lowest BCUT2D eigenvalue weighted by molar-refractivity contribution is -0.130. The largest absolute Gasteiger partial charge is 0.341 e. The molecule has 2 amide bonds. The second-order valence-electron chi connectivity index (χ2n) is 7.00. The van der Waals surface area contributed by atoms with Gasteiger partial charge < -0.3 is 14.8 Å². The van der Waals surface area contributed by atoms with E-state index in [4.69, 9.17) is 12.2 Å². The Morgan fingerprint density at radius 2 is 2.07 bits per heavy atom. The van der Waals surface area contributed by atoms with E-state index in [-0.39, 0.29) is 11.8 Å². The quantitative estimate of drug-likeness (QED) is 0.562. The lowest BCUT2D eigenvalue weighted by Gasteiger charge is -2.16. The van der Waals surface area contributed by atoms with E-state index in [0.29, 0.717) is 23.9 Å². The smallest absolute Gasteiger partial charge is 0.276 e. The molecule has 1 N–H and O–H groups in total. The van der Waals surface area contributed by atoms with Gasteiger partial charge >= 0.3 is 0 Å². The molecule has 4 rings (SSSR count). The summed E-state index contributed by atoms with van der Waals surface area (Å²) in [5.74, 6) is 0.00136. The summed E-state index contributed by atoms with van der Waals surface area (Å²) < 4.78 is 2.91. The number of nitrogens with zero attached hydrogens (tertiary/aromatic N) is 3. The van der Waals surface area contributed by atoms with E-state index in [2.05, 4.69) is 21.2 Å². The summed E-state index contributed by atoms with van der Waals surface area (Å²) in [6.45, 7) is 4.38. The van der Waals surface area contributed by atoms with Gasteiger partial charge in [0.15, 0.2) is 5.11 Å². The standard InChI is InChI=1S/C20H21BrN4O2S/c1-2-25-19(27)16(22-20(25)28)9-13-11-24(12-18(26)23-7-3-4-8-23)17-6-5-14(21)10-15(13)17/h5-6,9-11H,2-4,7-8,12H2,1H3,(H,22,28)/b16-9-. The molecule has 0 radical (unpaired) electrons. The van der Waals surface area contributed by atoms with Gasteiger partial charge in [-0.1, -0.05) is 15.9 Å². The van der Waals surface area contributed by atoms with Crippen molar-refractivity contribution in [2.45, 2.75) is 26.3 Å². The summed E-state index contributed by atoms with van der Waals surface area (Å²) in [6.07, 6.45) is 5.90. The van der Waals surface area contributed by atoms with Crippen molar-refractivity contribution in [3.05, 3.63) is 40.1 Å². The summed E-state index contributed by atoms with van der Waals surface area (Å²) in [4.78, 5) is 28.6. The van der Waals surface area contributed by atoms with Crippen molar-refractivity contribution >= 4 is 62.1 Å². The van der Waals surface area contributed by atoms with Crippen LogP contribution >= 0.6 is 28.1 Å². The third kappa shape index (κ3) is 3.46. The van der Waals surface area contributed by atoms with E-state index in [1.165, 1.54) is 4.90 Å². The van der Waals surface area contributed by atoms with Crippen LogP contribution < -0.4 is 5.32 Å². The molecule has 1 aromatic heterocycles. The van der Waals surface area contributed by atoms with Gasteiger partial charge in [-0.25, -0.2) is 0 Å². The minimum atomic E-state index is -0.128. The fraction of sp³-hybridized carbons (Fsp3) is 0.350. The Morgan fingerprint density at radius 1 is 1.32 bits per heavy atom. The molecule has 1 aromatic carbocycles. The molecule has 146 valence electrons. The second kappa shape index (κ2) is 7.67. The number of benzene rings is 1. The molecular formula is C20H21BrN4O2S. The molecule has 2 fully saturated rings. The van der Waals surface area contributed by atoms with Crippen molar-refractivity contribution in [1.29, 1.82) is 0 Å². The zero-order valence-corrected chi connectivity index (χ0v) is 18.0. The number of likely N-dealkylation sites (N-methyl/N-ethyl adjacent to an activating group) is 1. The zero-order chi connectivity index (χ0) is 19.8. The van der Waals surface area contributed by atoms with Crippen molar-refractivity contribution < 1.29 is 9.59 Å². The summed E-state index contributed by atoms with van der Waals surface area (Å²) in [5, 5.41) is 4.40. The maximum absolute atomic E-state index is 12.6. The minimum absolute atomic E-state index is 0.128. The van der Waals surface area contributed by atoms with Crippen molar-refractivity contribution in [2.24, 2.45) is 0 Å². The number of aromatic nitrogens is 1. The van der Waals surface area contributed by atoms with E-state index in [1.54, 1.807) is 0 Å². The highest BCUT2D eigenvalue weighted by Crippen LogP contribution is 2.28. The van der Waals surface area contributed by atoms with Gasteiger partial charge in [0.1, 0.15) is 12.2 Å². The van der Waals surface area contributed by atoms with Crippen LogP contribution in [0.3, 0.4) is 0 Å². The molecule has 2 aliphatic rings. The lowest BCUT2D eigenvalue weighted by atomic mass is 10.1. The fourth-order valence-electron chi connectivity index (χ4n) is 3.77. The van der Waals surface area contributed by atoms with E-state index in [0.717, 1.165) is 46.9 Å². The highest BCUT2D eigenvalue weighted by molar-refractivity contribution is 9.10. The first kappa shape index (κ1) is 19.1. The van der Waals surface area contributed by atoms with Gasteiger partial charge in [0.05, 0.1) is 0 Å². The second-order valence-corrected chi connectivity index (χ2v) is 8.30. The number of halogens is 1. The monoisotopic (exact) mass is 460 g/mol. The average molecular weight is 461 g/mol. The lowest BCUT2D eigenvalue weighted by Crippen LogP contribution is -2.30. The molecule has 28 heavy (non-hydrogen) atoms. The number of likely N-dealkylation sites (tertiary alicyclic amines) is 1. The summed E-state index contributed by atoms with van der Waals surface area (Å²) >= 11 is 8.76. The van der Waals surface area contributed by atoms with Crippen LogP contribution in [0, 0.1) is 0 Å². The number of thiocarbonyl (C=S) groups is 1. The van der Waals surface area contributed by atoms with E-state index in [9.17, 15) is 9.59 Å². The molecule has 0 bridgehead atoms. The van der Waals surface area contributed by atoms with Crippen LogP contribution in [-0.4, -0.2) is 50.9 Å². The highest BCUT2D eigenvalue weighted by atomic mass is 79.9. The minimum Gasteiger partial charge on any atom is -0.341 e. The number of carbonyl (C=O) groups is 2. The van der Waals surface area contributed by atoms with Crippen LogP contribution in [-0.2, 0) is 16.1 Å². The molecule has 0 atom stereocenters. The Kier molecular flexibility index (Phi) is 5.25. The Balaban J connectivity index is 1.71. The topological polar surface area (TPSA) is 57.6 Å². The van der Waals surface area contributed by atoms with Crippen LogP contribution in [0.4, 0.5) is 0 Å². The number of carbonyl (C=O) groups excluding carboxylic acids is 2. The van der Waals surface area contributed by atoms with Gasteiger partial charge in [-0.3, -0.25) is 14.5 Å². The molecule has 3 heterocycles. The molecule has 0 saturated carbocycles.